The third-order valence-electron chi connectivity index (χ3n) is 3.60. The van der Waals surface area contributed by atoms with Crippen LogP contribution in [0.2, 0.25) is 0 Å². The van der Waals surface area contributed by atoms with Gasteiger partial charge < -0.3 is 4.74 Å². The average Bonchev–Trinajstić information content (AvgIpc) is 2.87. The Bertz CT molecular complexity index is 703. The van der Waals surface area contributed by atoms with Crippen molar-refractivity contribution in [2.24, 2.45) is 0 Å². The topological polar surface area (TPSA) is 39.2 Å². The van der Waals surface area contributed by atoms with E-state index in [1.807, 2.05) is 36.4 Å². The Hall–Kier alpha value is -2.29. The van der Waals surface area contributed by atoms with Crippen LogP contribution in [0.1, 0.15) is 32.2 Å². The summed E-state index contributed by atoms with van der Waals surface area (Å²) in [7, 11) is 0. The van der Waals surface area contributed by atoms with Crippen molar-refractivity contribution in [3.63, 3.8) is 0 Å². The highest BCUT2D eigenvalue weighted by molar-refractivity contribution is 5.70. The zero-order valence-electron chi connectivity index (χ0n) is 12.7. The molecule has 2 N–H and O–H groups in total. The summed E-state index contributed by atoms with van der Waals surface area (Å²) < 4.78 is 5.83. The number of H-pyrrole nitrogens is 2. The van der Waals surface area contributed by atoms with E-state index in [2.05, 4.69) is 42.9 Å². The fourth-order valence-electron chi connectivity index (χ4n) is 2.34. The largest absolute Gasteiger partial charge is 0.481 e. The van der Waals surface area contributed by atoms with Gasteiger partial charge in [0, 0.05) is 0 Å². The number of ether oxygens (including phenoxy) is 1. The van der Waals surface area contributed by atoms with Gasteiger partial charge in [0.2, 0.25) is 0 Å². The minimum Gasteiger partial charge on any atom is -0.481 e. The summed E-state index contributed by atoms with van der Waals surface area (Å²) in [6, 6.07) is 16.5. The Morgan fingerprint density at radius 1 is 1.00 bits per heavy atom. The number of benzene rings is 2. The maximum atomic E-state index is 5.83. The van der Waals surface area contributed by atoms with Crippen LogP contribution in [0.15, 0.2) is 48.5 Å². The molecule has 0 radical (unpaired) electrons. The second kappa shape index (κ2) is 5.24. The highest BCUT2D eigenvalue weighted by Crippen LogP contribution is 2.24. The Kier molecular flexibility index (Phi) is 3.42. The number of rotatable bonds is 3. The number of fused-ring (bicyclic) bond motifs is 1. The molecule has 0 unspecified atom stereocenters. The van der Waals surface area contributed by atoms with Crippen molar-refractivity contribution in [2.45, 2.75) is 32.8 Å². The molecule has 2 aromatic carbocycles. The first kappa shape index (κ1) is 13.7. The zero-order chi connectivity index (χ0) is 14.9. The van der Waals surface area contributed by atoms with E-state index in [-0.39, 0.29) is 5.41 Å². The summed E-state index contributed by atoms with van der Waals surface area (Å²) in [6.07, 6.45) is 0. The lowest BCUT2D eigenvalue weighted by Crippen LogP contribution is -2.12. The standard InChI is InChI=1S/C18H20N2O/c1-18(2,3)13-8-10-14(11-9-13)21-12-17-19-15-6-4-5-7-16(15)20-17/h4-11H,12H2,1-3H3,(H,19,20)/p+1. The molecule has 0 aliphatic heterocycles. The van der Waals surface area contributed by atoms with Crippen LogP contribution < -0.4 is 9.72 Å². The zero-order valence-corrected chi connectivity index (χ0v) is 12.7. The first-order valence-corrected chi connectivity index (χ1v) is 7.25. The lowest BCUT2D eigenvalue weighted by Gasteiger charge is -2.19. The van der Waals surface area contributed by atoms with Gasteiger partial charge in [-0.25, -0.2) is 9.97 Å². The first-order chi connectivity index (χ1) is 10.0. The third kappa shape index (κ3) is 3.07. The SMILES string of the molecule is CC(C)(C)c1ccc(OCc2[nH]c3ccccc3[nH+]2)cc1. The summed E-state index contributed by atoms with van der Waals surface area (Å²) in [5, 5.41) is 0. The van der Waals surface area contributed by atoms with E-state index in [0.717, 1.165) is 22.6 Å². The molecule has 0 fully saturated rings. The van der Waals surface area contributed by atoms with Crippen LogP contribution in [0, 0.1) is 0 Å². The lowest BCUT2D eigenvalue weighted by atomic mass is 9.87. The minimum atomic E-state index is 0.170. The van der Waals surface area contributed by atoms with Crippen LogP contribution in [0.3, 0.4) is 0 Å². The van der Waals surface area contributed by atoms with Crippen LogP contribution in [0.25, 0.3) is 11.0 Å². The quantitative estimate of drug-likeness (QED) is 0.778. The van der Waals surface area contributed by atoms with E-state index in [0.29, 0.717) is 6.61 Å². The van der Waals surface area contributed by atoms with Crippen molar-refractivity contribution < 1.29 is 9.72 Å². The summed E-state index contributed by atoms with van der Waals surface area (Å²) in [6.45, 7) is 7.14. The molecular weight excluding hydrogens is 260 g/mol. The summed E-state index contributed by atoms with van der Waals surface area (Å²) in [5.74, 6) is 1.85. The van der Waals surface area contributed by atoms with E-state index >= 15 is 0 Å². The van der Waals surface area contributed by atoms with Gasteiger partial charge in [0.15, 0.2) is 17.6 Å². The molecule has 3 aromatic rings. The summed E-state index contributed by atoms with van der Waals surface area (Å²) in [5.41, 5.74) is 3.68. The predicted molar refractivity (Wildman–Crippen MR) is 84.3 cm³/mol. The van der Waals surface area contributed by atoms with E-state index < -0.39 is 0 Å². The molecule has 0 amide bonds. The predicted octanol–water partition coefficient (Wildman–Crippen LogP) is 3.86. The number of hydrogen-bond acceptors (Lipinski definition) is 1. The highest BCUT2D eigenvalue weighted by atomic mass is 16.5. The molecule has 0 aliphatic carbocycles. The van der Waals surface area contributed by atoms with Gasteiger partial charge in [-0.3, -0.25) is 0 Å². The van der Waals surface area contributed by atoms with Gasteiger partial charge in [0.1, 0.15) is 5.75 Å². The van der Waals surface area contributed by atoms with Crippen LogP contribution in [0.5, 0.6) is 5.75 Å². The number of para-hydroxylation sites is 2. The maximum absolute atomic E-state index is 5.83. The Balaban J connectivity index is 1.69. The van der Waals surface area contributed by atoms with Crippen molar-refractivity contribution in [3.8, 4) is 5.75 Å². The lowest BCUT2D eigenvalue weighted by molar-refractivity contribution is -0.362. The molecule has 3 nitrogen and oxygen atoms in total. The number of aromatic nitrogens is 2. The summed E-state index contributed by atoms with van der Waals surface area (Å²) in [4.78, 5) is 6.64. The van der Waals surface area contributed by atoms with Gasteiger partial charge in [-0.15, -0.1) is 0 Å². The van der Waals surface area contributed by atoms with E-state index in [4.69, 9.17) is 4.74 Å². The van der Waals surface area contributed by atoms with Crippen molar-refractivity contribution >= 4 is 11.0 Å². The Labute approximate surface area is 125 Å². The van der Waals surface area contributed by atoms with Crippen LogP contribution >= 0.6 is 0 Å². The number of hydrogen-bond donors (Lipinski definition) is 1. The van der Waals surface area contributed by atoms with Crippen LogP contribution in [0.4, 0.5) is 0 Å². The number of nitrogens with one attached hydrogen (secondary N) is 2. The van der Waals surface area contributed by atoms with E-state index in [1.165, 1.54) is 5.56 Å². The molecule has 0 bridgehead atoms. The molecule has 0 saturated carbocycles. The van der Waals surface area contributed by atoms with Crippen LogP contribution in [-0.4, -0.2) is 4.98 Å². The number of aromatic amines is 2. The Morgan fingerprint density at radius 3 is 2.38 bits per heavy atom. The van der Waals surface area contributed by atoms with Gasteiger partial charge in [0.25, 0.3) is 5.82 Å². The van der Waals surface area contributed by atoms with Gasteiger partial charge in [-0.1, -0.05) is 45.0 Å². The molecule has 1 aromatic heterocycles. The second-order valence-electron chi connectivity index (χ2n) is 6.34. The van der Waals surface area contributed by atoms with Crippen LogP contribution in [-0.2, 0) is 12.0 Å². The Morgan fingerprint density at radius 2 is 1.71 bits per heavy atom. The van der Waals surface area contributed by atoms with Crippen molar-refractivity contribution in [3.05, 3.63) is 59.9 Å². The van der Waals surface area contributed by atoms with E-state index in [1.54, 1.807) is 0 Å². The van der Waals surface area contributed by atoms with Crippen molar-refractivity contribution in [2.75, 3.05) is 0 Å². The number of imidazole rings is 1. The van der Waals surface area contributed by atoms with Gasteiger partial charge in [-0.2, -0.15) is 0 Å². The van der Waals surface area contributed by atoms with Crippen molar-refractivity contribution in [1.82, 2.24) is 4.98 Å². The molecule has 108 valence electrons. The molecule has 0 atom stereocenters. The fraction of sp³-hybridized carbons (Fsp3) is 0.278. The smallest absolute Gasteiger partial charge is 0.291 e. The average molecular weight is 281 g/mol. The molecule has 0 spiro atoms. The molecule has 21 heavy (non-hydrogen) atoms. The van der Waals surface area contributed by atoms with Gasteiger partial charge in [0.05, 0.1) is 0 Å². The molecule has 3 rings (SSSR count). The third-order valence-corrected chi connectivity index (χ3v) is 3.60. The normalized spacial score (nSPS) is 11.8. The molecule has 0 saturated heterocycles. The first-order valence-electron chi connectivity index (χ1n) is 7.25. The second-order valence-corrected chi connectivity index (χ2v) is 6.34. The molecule has 0 aliphatic rings. The molecular formula is C18H21N2O+. The van der Waals surface area contributed by atoms with Gasteiger partial charge >= 0.3 is 0 Å². The molecule has 3 heteroatoms. The molecule has 1 heterocycles. The van der Waals surface area contributed by atoms with E-state index in [9.17, 15) is 0 Å². The maximum Gasteiger partial charge on any atom is 0.291 e. The highest BCUT2D eigenvalue weighted by Gasteiger charge is 2.13. The fourth-order valence-corrected chi connectivity index (χ4v) is 2.34. The minimum absolute atomic E-state index is 0.170. The monoisotopic (exact) mass is 281 g/mol. The van der Waals surface area contributed by atoms with Gasteiger partial charge in [-0.05, 0) is 35.2 Å². The van der Waals surface area contributed by atoms with Crippen molar-refractivity contribution in [1.29, 1.82) is 0 Å². The summed E-state index contributed by atoms with van der Waals surface area (Å²) >= 11 is 0.